The Labute approximate surface area is 233 Å². The molecular formula is C29H38N8OS. The minimum absolute atomic E-state index is 0.0573. The molecule has 0 radical (unpaired) electrons. The van der Waals surface area contributed by atoms with Crippen LogP contribution in [0.25, 0.3) is 16.1 Å². The van der Waals surface area contributed by atoms with E-state index >= 15 is 0 Å². The van der Waals surface area contributed by atoms with Crippen molar-refractivity contribution in [1.82, 2.24) is 39.6 Å². The Morgan fingerprint density at radius 3 is 2.69 bits per heavy atom. The number of piperidine rings is 1. The van der Waals surface area contributed by atoms with Gasteiger partial charge in [-0.1, -0.05) is 6.92 Å². The van der Waals surface area contributed by atoms with Crippen LogP contribution in [0.15, 0.2) is 55.2 Å². The number of nitrogens with zero attached hydrogens (tertiary/aromatic N) is 6. The highest BCUT2D eigenvalue weighted by molar-refractivity contribution is 7.17. The van der Waals surface area contributed by atoms with Crippen molar-refractivity contribution in [2.45, 2.75) is 32.9 Å². The summed E-state index contributed by atoms with van der Waals surface area (Å²) in [5.74, 6) is -0.0573. The molecule has 4 aromatic heterocycles. The Morgan fingerprint density at radius 1 is 1.08 bits per heavy atom. The molecule has 2 N–H and O–H groups in total. The molecule has 2 saturated heterocycles. The molecule has 6 rings (SSSR count). The maximum atomic E-state index is 12.8. The number of carbonyl (C=O) groups excluding carboxylic acids is 1. The molecule has 206 valence electrons. The highest BCUT2D eigenvalue weighted by Crippen LogP contribution is 2.34. The fourth-order valence-corrected chi connectivity index (χ4v) is 6.50. The Hall–Kier alpha value is -3.05. The lowest BCUT2D eigenvalue weighted by molar-refractivity contribution is 0.0883. The van der Waals surface area contributed by atoms with Gasteiger partial charge in [0.1, 0.15) is 5.65 Å². The van der Waals surface area contributed by atoms with E-state index < -0.39 is 0 Å². The van der Waals surface area contributed by atoms with Crippen molar-refractivity contribution in [2.75, 3.05) is 52.4 Å². The van der Waals surface area contributed by atoms with E-state index in [4.69, 9.17) is 0 Å². The van der Waals surface area contributed by atoms with Crippen LogP contribution >= 0.6 is 11.3 Å². The standard InChI is InChI=1S/C29H38N8OS/c1-29(5-11-34(12-6-29)16-17-35-13-7-30-8-14-35)22-37-21-24(20-33-37)25-2-3-26(39-25)28(38)32-19-23-4-10-36-15-9-31-27(36)18-23/h2-4,9-10,15,18,20-21,30H,5-8,11-14,16-17,19,22H2,1H3,(H,32,38). The Bertz CT molecular complexity index is 1390. The predicted octanol–water partition coefficient (Wildman–Crippen LogP) is 3.20. The number of amides is 1. The van der Waals surface area contributed by atoms with E-state index in [1.54, 1.807) is 6.20 Å². The van der Waals surface area contributed by atoms with Gasteiger partial charge in [0.15, 0.2) is 0 Å². The summed E-state index contributed by atoms with van der Waals surface area (Å²) in [6.07, 6.45) is 12.1. The van der Waals surface area contributed by atoms with Gasteiger partial charge in [0, 0.05) is 87.6 Å². The normalized spacial score (nSPS) is 18.5. The number of hydrogen-bond acceptors (Lipinski definition) is 7. The minimum atomic E-state index is -0.0573. The lowest BCUT2D eigenvalue weighted by Crippen LogP contribution is -2.48. The van der Waals surface area contributed by atoms with Gasteiger partial charge >= 0.3 is 0 Å². The second-order valence-electron chi connectivity index (χ2n) is 11.2. The molecule has 1 amide bonds. The summed E-state index contributed by atoms with van der Waals surface area (Å²) in [6.45, 7) is 13.1. The highest BCUT2D eigenvalue weighted by atomic mass is 32.1. The number of nitrogens with one attached hydrogen (secondary N) is 2. The quantitative estimate of drug-likeness (QED) is 0.336. The fourth-order valence-electron chi connectivity index (χ4n) is 5.61. The van der Waals surface area contributed by atoms with Crippen molar-refractivity contribution in [3.8, 4) is 10.4 Å². The average Bonchev–Trinajstić information content (AvgIpc) is 3.73. The van der Waals surface area contributed by atoms with Gasteiger partial charge < -0.3 is 19.9 Å². The van der Waals surface area contributed by atoms with Gasteiger partial charge in [-0.3, -0.25) is 14.4 Å². The van der Waals surface area contributed by atoms with Crippen molar-refractivity contribution in [2.24, 2.45) is 5.41 Å². The first kappa shape index (κ1) is 26.2. The maximum Gasteiger partial charge on any atom is 0.261 e. The van der Waals surface area contributed by atoms with Gasteiger partial charge in [-0.2, -0.15) is 5.10 Å². The van der Waals surface area contributed by atoms with Crippen LogP contribution < -0.4 is 10.6 Å². The summed E-state index contributed by atoms with van der Waals surface area (Å²) in [4.78, 5) is 24.1. The Kier molecular flexibility index (Phi) is 7.78. The summed E-state index contributed by atoms with van der Waals surface area (Å²) >= 11 is 1.51. The van der Waals surface area contributed by atoms with Gasteiger partial charge in [0.2, 0.25) is 0 Å². The zero-order valence-corrected chi connectivity index (χ0v) is 23.5. The lowest BCUT2D eigenvalue weighted by Gasteiger charge is -2.40. The number of likely N-dealkylation sites (tertiary alicyclic amines) is 1. The van der Waals surface area contributed by atoms with Gasteiger partial charge in [0.25, 0.3) is 5.91 Å². The molecule has 0 bridgehead atoms. The summed E-state index contributed by atoms with van der Waals surface area (Å²) in [6, 6.07) is 7.92. The van der Waals surface area contributed by atoms with Crippen LogP contribution in [-0.4, -0.2) is 87.2 Å². The number of aromatic nitrogens is 4. The molecular weight excluding hydrogens is 508 g/mol. The van der Waals surface area contributed by atoms with Crippen molar-refractivity contribution in [3.05, 3.63) is 65.7 Å². The van der Waals surface area contributed by atoms with E-state index in [2.05, 4.69) is 48.3 Å². The van der Waals surface area contributed by atoms with Gasteiger partial charge in [-0.05, 0) is 61.2 Å². The first-order valence-corrected chi connectivity index (χ1v) is 14.8. The van der Waals surface area contributed by atoms with Gasteiger partial charge in [-0.15, -0.1) is 11.3 Å². The third kappa shape index (κ3) is 6.41. The summed E-state index contributed by atoms with van der Waals surface area (Å²) in [5, 5.41) is 11.2. The van der Waals surface area contributed by atoms with Crippen LogP contribution in [0.2, 0.25) is 0 Å². The third-order valence-corrected chi connectivity index (χ3v) is 9.34. The smallest absolute Gasteiger partial charge is 0.261 e. The molecule has 0 aromatic carbocycles. The van der Waals surface area contributed by atoms with Crippen molar-refractivity contribution >= 4 is 22.9 Å². The number of hydrogen-bond donors (Lipinski definition) is 2. The van der Waals surface area contributed by atoms with Crippen LogP contribution in [0.5, 0.6) is 0 Å². The molecule has 2 aliphatic heterocycles. The number of pyridine rings is 1. The first-order chi connectivity index (χ1) is 19.0. The third-order valence-electron chi connectivity index (χ3n) is 8.21. The van der Waals surface area contributed by atoms with Crippen LogP contribution in [-0.2, 0) is 13.1 Å². The molecule has 39 heavy (non-hydrogen) atoms. The number of rotatable bonds is 9. The predicted molar refractivity (Wildman–Crippen MR) is 155 cm³/mol. The van der Waals surface area contributed by atoms with Gasteiger partial charge in [0.05, 0.1) is 11.1 Å². The zero-order valence-electron chi connectivity index (χ0n) is 22.7. The Balaban J connectivity index is 0.989. The molecule has 6 heterocycles. The van der Waals surface area contributed by atoms with Crippen LogP contribution in [0.3, 0.4) is 0 Å². The highest BCUT2D eigenvalue weighted by Gasteiger charge is 2.31. The molecule has 0 spiro atoms. The lowest BCUT2D eigenvalue weighted by atomic mass is 9.80. The maximum absolute atomic E-state index is 12.8. The molecule has 0 atom stereocenters. The fraction of sp³-hybridized carbons (Fsp3) is 0.483. The summed E-state index contributed by atoms with van der Waals surface area (Å²) < 4.78 is 4.05. The van der Waals surface area contributed by atoms with Crippen LogP contribution in [0, 0.1) is 5.41 Å². The largest absolute Gasteiger partial charge is 0.347 e. The second-order valence-corrected chi connectivity index (χ2v) is 12.3. The monoisotopic (exact) mass is 546 g/mol. The van der Waals surface area contributed by atoms with Crippen molar-refractivity contribution in [3.63, 3.8) is 0 Å². The van der Waals surface area contributed by atoms with Gasteiger partial charge in [-0.25, -0.2) is 4.98 Å². The minimum Gasteiger partial charge on any atom is -0.347 e. The molecule has 0 aliphatic carbocycles. The van der Waals surface area contributed by atoms with Crippen LogP contribution in [0.1, 0.15) is 35.0 Å². The van der Waals surface area contributed by atoms with E-state index in [0.29, 0.717) is 11.4 Å². The topological polar surface area (TPSA) is 82.7 Å². The summed E-state index contributed by atoms with van der Waals surface area (Å²) in [7, 11) is 0. The van der Waals surface area contributed by atoms with E-state index in [9.17, 15) is 4.79 Å². The molecule has 0 saturated carbocycles. The van der Waals surface area contributed by atoms with Crippen molar-refractivity contribution < 1.29 is 4.79 Å². The van der Waals surface area contributed by atoms with Crippen molar-refractivity contribution in [1.29, 1.82) is 0 Å². The number of piperazine rings is 1. The SMILES string of the molecule is CC1(Cn2cc(-c3ccc(C(=O)NCc4ccn5ccnc5c4)s3)cn2)CCN(CCN2CCNCC2)CC1. The first-order valence-electron chi connectivity index (χ1n) is 14.0. The Morgan fingerprint density at radius 2 is 1.87 bits per heavy atom. The molecule has 9 nitrogen and oxygen atoms in total. The van der Waals surface area contributed by atoms with E-state index in [0.717, 1.165) is 54.4 Å². The molecule has 2 aliphatic rings. The molecule has 10 heteroatoms. The second kappa shape index (κ2) is 11.6. The van der Waals surface area contributed by atoms with E-state index in [-0.39, 0.29) is 11.3 Å². The molecule has 4 aromatic rings. The summed E-state index contributed by atoms with van der Waals surface area (Å²) in [5.41, 5.74) is 3.23. The average molecular weight is 547 g/mol. The zero-order chi connectivity index (χ0) is 26.7. The van der Waals surface area contributed by atoms with Crippen LogP contribution in [0.4, 0.5) is 0 Å². The number of thiophene rings is 1. The van der Waals surface area contributed by atoms with E-state index in [1.165, 1.54) is 50.4 Å². The number of fused-ring (bicyclic) bond motifs is 1. The van der Waals surface area contributed by atoms with E-state index in [1.807, 2.05) is 47.3 Å². The molecule has 2 fully saturated rings. The molecule has 0 unspecified atom stereocenters. The number of imidazole rings is 1. The number of carbonyl (C=O) groups is 1.